The van der Waals surface area contributed by atoms with E-state index in [1.165, 1.54) is 0 Å². The van der Waals surface area contributed by atoms with Gasteiger partial charge in [0.15, 0.2) is 0 Å². The molecule has 2 rings (SSSR count). The summed E-state index contributed by atoms with van der Waals surface area (Å²) in [6.07, 6.45) is 1.63. The number of rotatable bonds is 1. The number of fused-ring (bicyclic) bond motifs is 1. The molecule has 4 heteroatoms. The van der Waals surface area contributed by atoms with Crippen molar-refractivity contribution in [1.82, 2.24) is 4.98 Å². The van der Waals surface area contributed by atoms with Gasteiger partial charge in [-0.15, -0.1) is 0 Å². The molecule has 2 N–H and O–H groups in total. The molecule has 1 aromatic carbocycles. The zero-order valence-electron chi connectivity index (χ0n) is 6.66. The molecule has 0 saturated carbocycles. The molecule has 0 aliphatic rings. The van der Waals surface area contributed by atoms with Gasteiger partial charge in [-0.3, -0.25) is 9.82 Å². The minimum Gasteiger partial charge on any atom is -0.506 e. The van der Waals surface area contributed by atoms with E-state index >= 15 is 0 Å². The molecule has 0 amide bonds. The fourth-order valence-electron chi connectivity index (χ4n) is 1.24. The average molecular weight is 195 g/mol. The van der Waals surface area contributed by atoms with Gasteiger partial charge in [0.25, 0.3) is 0 Å². The van der Waals surface area contributed by atoms with Crippen LogP contribution in [0.3, 0.4) is 0 Å². The molecule has 0 unspecified atom stereocenters. The largest absolute Gasteiger partial charge is 0.506 e. The Bertz CT molecular complexity index is 445. The number of phenols is 1. The molecule has 13 heavy (non-hydrogen) atoms. The van der Waals surface area contributed by atoms with E-state index in [0.717, 1.165) is 11.1 Å². The first-order valence-electron chi connectivity index (χ1n) is 3.76. The van der Waals surface area contributed by atoms with Gasteiger partial charge < -0.3 is 5.11 Å². The molecule has 0 saturated heterocycles. The van der Waals surface area contributed by atoms with Crippen LogP contribution in [-0.2, 0) is 0 Å². The average Bonchev–Trinajstić information content (AvgIpc) is 2.19. The molecular formula is C9H7ClN2O. The van der Waals surface area contributed by atoms with Crippen LogP contribution in [0.15, 0.2) is 30.5 Å². The number of halogens is 1. The molecule has 0 aliphatic heterocycles. The van der Waals surface area contributed by atoms with Crippen molar-refractivity contribution in [2.24, 2.45) is 0 Å². The number of aromatic nitrogens is 1. The third-order valence-corrected chi connectivity index (χ3v) is 2.05. The van der Waals surface area contributed by atoms with Crippen molar-refractivity contribution < 1.29 is 5.11 Å². The lowest BCUT2D eigenvalue weighted by Crippen LogP contribution is -1.85. The van der Waals surface area contributed by atoms with Crippen molar-refractivity contribution in [3.8, 4) is 5.75 Å². The Morgan fingerprint density at radius 1 is 1.31 bits per heavy atom. The van der Waals surface area contributed by atoms with Gasteiger partial charge in [0.05, 0.1) is 5.69 Å². The molecule has 2 aromatic rings. The Balaban J connectivity index is 2.84. The van der Waals surface area contributed by atoms with Gasteiger partial charge in [-0.05, 0) is 24.3 Å². The molecule has 0 aliphatic carbocycles. The number of aromatic hydroxyl groups is 1. The number of hydrogen-bond donors (Lipinski definition) is 2. The van der Waals surface area contributed by atoms with Crippen molar-refractivity contribution in [1.29, 1.82) is 0 Å². The molecule has 0 spiro atoms. The Hall–Kier alpha value is -1.48. The maximum atomic E-state index is 9.46. The highest BCUT2D eigenvalue weighted by Gasteiger charge is 2.03. The van der Waals surface area contributed by atoms with Gasteiger partial charge in [0.2, 0.25) is 0 Å². The molecule has 3 nitrogen and oxygen atoms in total. The minimum absolute atomic E-state index is 0.159. The lowest BCUT2D eigenvalue weighted by atomic mass is 10.2. The number of nitrogens with one attached hydrogen (secondary N) is 1. The number of phenolic OH excluding ortho intramolecular Hbond substituents is 1. The molecule has 0 fully saturated rings. The summed E-state index contributed by atoms with van der Waals surface area (Å²) in [6, 6.07) is 6.89. The van der Waals surface area contributed by atoms with Crippen LogP contribution < -0.4 is 4.84 Å². The van der Waals surface area contributed by atoms with Gasteiger partial charge in [-0.1, -0.05) is 0 Å². The topological polar surface area (TPSA) is 45.1 Å². The summed E-state index contributed by atoms with van der Waals surface area (Å²) in [5.41, 5.74) is 1.29. The van der Waals surface area contributed by atoms with Crippen LogP contribution in [0.5, 0.6) is 5.75 Å². The van der Waals surface area contributed by atoms with Crippen LogP contribution >= 0.6 is 11.8 Å². The summed E-state index contributed by atoms with van der Waals surface area (Å²) >= 11 is 5.50. The molecular weight excluding hydrogens is 188 g/mol. The minimum atomic E-state index is 0.159. The van der Waals surface area contributed by atoms with Crippen LogP contribution in [0.4, 0.5) is 5.69 Å². The first kappa shape index (κ1) is 8.13. The van der Waals surface area contributed by atoms with E-state index in [0.29, 0.717) is 5.52 Å². The van der Waals surface area contributed by atoms with E-state index in [9.17, 15) is 5.11 Å². The third-order valence-electron chi connectivity index (χ3n) is 1.85. The van der Waals surface area contributed by atoms with Crippen LogP contribution in [0.2, 0.25) is 0 Å². The highest BCUT2D eigenvalue weighted by molar-refractivity contribution is 6.25. The molecule has 66 valence electrons. The fraction of sp³-hybridized carbons (Fsp3) is 0. The second-order valence-corrected chi connectivity index (χ2v) is 2.82. The van der Waals surface area contributed by atoms with E-state index < -0.39 is 0 Å². The quantitative estimate of drug-likeness (QED) is 0.542. The maximum absolute atomic E-state index is 9.46. The predicted molar refractivity (Wildman–Crippen MR) is 52.9 cm³/mol. The highest BCUT2D eigenvalue weighted by Crippen LogP contribution is 2.28. The van der Waals surface area contributed by atoms with Crippen LogP contribution in [0.25, 0.3) is 10.9 Å². The van der Waals surface area contributed by atoms with Gasteiger partial charge in [-0.2, -0.15) is 0 Å². The van der Waals surface area contributed by atoms with E-state index in [4.69, 9.17) is 11.8 Å². The second kappa shape index (κ2) is 3.11. The van der Waals surface area contributed by atoms with Crippen molar-refractivity contribution in [3.63, 3.8) is 0 Å². The zero-order valence-corrected chi connectivity index (χ0v) is 7.42. The highest BCUT2D eigenvalue weighted by atomic mass is 35.5. The molecule has 0 atom stereocenters. The first-order chi connectivity index (χ1) is 6.33. The van der Waals surface area contributed by atoms with Gasteiger partial charge >= 0.3 is 0 Å². The number of anilines is 1. The van der Waals surface area contributed by atoms with Gasteiger partial charge in [-0.25, -0.2) is 0 Å². The zero-order chi connectivity index (χ0) is 9.26. The number of benzene rings is 1. The lowest BCUT2D eigenvalue weighted by molar-refractivity contribution is 0.480. The first-order valence-corrected chi connectivity index (χ1v) is 4.14. The Kier molecular flexibility index (Phi) is 1.94. The van der Waals surface area contributed by atoms with Crippen LogP contribution in [0, 0.1) is 0 Å². The predicted octanol–water partition coefficient (Wildman–Crippen LogP) is 2.51. The molecule has 1 aromatic heterocycles. The number of hydrogen-bond acceptors (Lipinski definition) is 3. The molecule has 0 bridgehead atoms. The van der Waals surface area contributed by atoms with Gasteiger partial charge in [0, 0.05) is 23.4 Å². The summed E-state index contributed by atoms with van der Waals surface area (Å²) in [5, 5.41) is 10.3. The number of pyridine rings is 1. The van der Waals surface area contributed by atoms with Crippen LogP contribution in [-0.4, -0.2) is 10.1 Å². The summed E-state index contributed by atoms with van der Waals surface area (Å²) < 4.78 is 0. The monoisotopic (exact) mass is 194 g/mol. The van der Waals surface area contributed by atoms with Crippen molar-refractivity contribution in [3.05, 3.63) is 30.5 Å². The van der Waals surface area contributed by atoms with E-state index in [2.05, 4.69) is 9.82 Å². The van der Waals surface area contributed by atoms with E-state index in [-0.39, 0.29) is 5.75 Å². The number of nitrogens with zero attached hydrogens (tertiary/aromatic N) is 1. The Labute approximate surface area is 80.1 Å². The smallest absolute Gasteiger partial charge is 0.141 e. The fourth-order valence-corrected chi connectivity index (χ4v) is 1.40. The van der Waals surface area contributed by atoms with Crippen molar-refractivity contribution >= 4 is 28.4 Å². The van der Waals surface area contributed by atoms with E-state index in [1.54, 1.807) is 24.4 Å². The molecule has 0 radical (unpaired) electrons. The van der Waals surface area contributed by atoms with Crippen LogP contribution in [0.1, 0.15) is 0 Å². The lowest BCUT2D eigenvalue weighted by Gasteiger charge is -2.04. The summed E-state index contributed by atoms with van der Waals surface area (Å²) in [4.78, 5) is 6.56. The summed E-state index contributed by atoms with van der Waals surface area (Å²) in [7, 11) is 0. The summed E-state index contributed by atoms with van der Waals surface area (Å²) in [5.74, 6) is 0.159. The third kappa shape index (κ3) is 1.27. The second-order valence-electron chi connectivity index (χ2n) is 2.63. The Morgan fingerprint density at radius 3 is 2.92 bits per heavy atom. The standard InChI is InChI=1S/C9H7ClN2O/c10-12-7-3-4-8(13)9-6(7)2-1-5-11-9/h1-5,12-13H. The van der Waals surface area contributed by atoms with E-state index in [1.807, 2.05) is 6.07 Å². The SMILES string of the molecule is Oc1ccc(NCl)c2cccnc12. The Morgan fingerprint density at radius 2 is 2.15 bits per heavy atom. The molecule has 1 heterocycles. The normalized spacial score (nSPS) is 10.2. The van der Waals surface area contributed by atoms with Gasteiger partial charge in [0.1, 0.15) is 11.3 Å². The van der Waals surface area contributed by atoms with Crippen molar-refractivity contribution in [2.45, 2.75) is 0 Å². The summed E-state index contributed by atoms with van der Waals surface area (Å²) in [6.45, 7) is 0. The maximum Gasteiger partial charge on any atom is 0.141 e. The van der Waals surface area contributed by atoms with Crippen molar-refractivity contribution in [2.75, 3.05) is 4.84 Å².